The first kappa shape index (κ1) is 13.8. The van der Waals surface area contributed by atoms with Gasteiger partial charge in [0.1, 0.15) is 5.56 Å². The number of aromatic nitrogens is 2. The van der Waals surface area contributed by atoms with Gasteiger partial charge < -0.3 is 10.0 Å². The van der Waals surface area contributed by atoms with Gasteiger partial charge in [0.05, 0.1) is 6.20 Å². The average molecular weight is 263 g/mol. The zero-order valence-corrected chi connectivity index (χ0v) is 11.5. The first-order valence-corrected chi connectivity index (χ1v) is 6.91. The summed E-state index contributed by atoms with van der Waals surface area (Å²) in [5.41, 5.74) is 0.232. The molecule has 19 heavy (non-hydrogen) atoms. The molecule has 1 heterocycles. The molecule has 1 aliphatic rings. The molecule has 1 aromatic rings. The number of rotatable bonds is 4. The Morgan fingerprint density at radius 1 is 1.42 bits per heavy atom. The molecule has 1 aromatic heterocycles. The molecule has 1 saturated carbocycles. The van der Waals surface area contributed by atoms with Crippen molar-refractivity contribution >= 4 is 11.8 Å². The number of nitrogens with zero attached hydrogens (tertiary/aromatic N) is 3. The summed E-state index contributed by atoms with van der Waals surface area (Å²) in [6.07, 6.45) is 7.30. The van der Waals surface area contributed by atoms with Gasteiger partial charge in [-0.25, -0.2) is 4.79 Å². The second-order valence-electron chi connectivity index (χ2n) is 5.27. The van der Waals surface area contributed by atoms with E-state index in [0.717, 1.165) is 18.8 Å². The van der Waals surface area contributed by atoms with Crippen molar-refractivity contribution in [1.82, 2.24) is 10.2 Å². The summed E-state index contributed by atoms with van der Waals surface area (Å²) in [7, 11) is 1.92. The minimum atomic E-state index is -0.945. The van der Waals surface area contributed by atoms with Gasteiger partial charge in [-0.15, -0.1) is 5.10 Å². The largest absolute Gasteiger partial charge is 0.478 e. The molecule has 0 amide bonds. The number of carbonyl (C=O) groups is 1. The van der Waals surface area contributed by atoms with Crippen LogP contribution >= 0.6 is 0 Å². The lowest BCUT2D eigenvalue weighted by Crippen LogP contribution is -2.36. The minimum Gasteiger partial charge on any atom is -0.478 e. The molecule has 2 rings (SSSR count). The molecule has 5 heteroatoms. The topological polar surface area (TPSA) is 66.3 Å². The van der Waals surface area contributed by atoms with Crippen LogP contribution in [0.2, 0.25) is 0 Å². The van der Waals surface area contributed by atoms with E-state index in [4.69, 9.17) is 0 Å². The van der Waals surface area contributed by atoms with Crippen molar-refractivity contribution in [2.24, 2.45) is 5.92 Å². The van der Waals surface area contributed by atoms with Crippen LogP contribution in [0.25, 0.3) is 0 Å². The third-order valence-electron chi connectivity index (χ3n) is 4.21. The lowest BCUT2D eigenvalue weighted by molar-refractivity contribution is 0.0696. The highest BCUT2D eigenvalue weighted by Crippen LogP contribution is 2.31. The fraction of sp³-hybridized carbons (Fsp3) is 0.643. The summed E-state index contributed by atoms with van der Waals surface area (Å²) in [5.74, 6) is 0.361. The first-order chi connectivity index (χ1) is 9.13. The molecule has 5 nitrogen and oxygen atoms in total. The smallest absolute Gasteiger partial charge is 0.339 e. The quantitative estimate of drug-likeness (QED) is 0.904. The molecule has 0 aliphatic heterocycles. The summed E-state index contributed by atoms with van der Waals surface area (Å²) in [4.78, 5) is 13.2. The van der Waals surface area contributed by atoms with E-state index in [9.17, 15) is 9.90 Å². The summed E-state index contributed by atoms with van der Waals surface area (Å²) in [5, 5.41) is 17.0. The number of carboxylic acid groups (broad SMARTS) is 1. The molecule has 0 spiro atoms. The van der Waals surface area contributed by atoms with E-state index in [2.05, 4.69) is 17.1 Å². The van der Waals surface area contributed by atoms with Gasteiger partial charge in [-0.1, -0.05) is 13.3 Å². The van der Waals surface area contributed by atoms with Crippen molar-refractivity contribution in [1.29, 1.82) is 0 Å². The van der Waals surface area contributed by atoms with Crippen LogP contribution in [0.1, 0.15) is 49.4 Å². The Labute approximate surface area is 113 Å². The van der Waals surface area contributed by atoms with Crippen molar-refractivity contribution in [2.75, 3.05) is 11.9 Å². The van der Waals surface area contributed by atoms with Gasteiger partial charge >= 0.3 is 5.97 Å². The van der Waals surface area contributed by atoms with Crippen LogP contribution in [0, 0.1) is 5.92 Å². The van der Waals surface area contributed by atoms with Gasteiger partial charge in [0.15, 0.2) is 5.82 Å². The number of anilines is 1. The Hall–Kier alpha value is -1.65. The molecule has 0 saturated heterocycles. The maximum atomic E-state index is 11.2. The van der Waals surface area contributed by atoms with Crippen LogP contribution in [0.3, 0.4) is 0 Å². The van der Waals surface area contributed by atoms with Crippen molar-refractivity contribution in [3.8, 4) is 0 Å². The normalized spacial score (nSPS) is 23.1. The number of hydrogen-bond acceptors (Lipinski definition) is 4. The highest BCUT2D eigenvalue weighted by atomic mass is 16.4. The third-order valence-corrected chi connectivity index (χ3v) is 4.21. The second-order valence-corrected chi connectivity index (χ2v) is 5.27. The predicted octanol–water partition coefficient (Wildman–Crippen LogP) is 2.58. The van der Waals surface area contributed by atoms with Crippen molar-refractivity contribution in [3.63, 3.8) is 0 Å². The van der Waals surface area contributed by atoms with E-state index >= 15 is 0 Å². The number of aromatic carboxylic acids is 1. The zero-order valence-electron chi connectivity index (χ0n) is 11.5. The molecular weight excluding hydrogens is 242 g/mol. The van der Waals surface area contributed by atoms with Crippen LogP contribution in [0.15, 0.2) is 12.3 Å². The fourth-order valence-electron chi connectivity index (χ4n) is 2.87. The Balaban J connectivity index is 2.12. The maximum absolute atomic E-state index is 11.2. The van der Waals surface area contributed by atoms with E-state index in [-0.39, 0.29) is 5.56 Å². The molecule has 0 bridgehead atoms. The van der Waals surface area contributed by atoms with Crippen LogP contribution in [0.5, 0.6) is 0 Å². The SMILES string of the molecule is CCC1CCC(N(C)c2nnccc2C(=O)O)CC1. The van der Waals surface area contributed by atoms with Crippen molar-refractivity contribution < 1.29 is 9.90 Å². The van der Waals surface area contributed by atoms with Crippen LogP contribution in [-0.2, 0) is 0 Å². The van der Waals surface area contributed by atoms with Gasteiger partial charge in [0.2, 0.25) is 0 Å². The van der Waals surface area contributed by atoms with Gasteiger partial charge in [0, 0.05) is 13.1 Å². The number of hydrogen-bond donors (Lipinski definition) is 1. The first-order valence-electron chi connectivity index (χ1n) is 6.91. The van der Waals surface area contributed by atoms with Crippen LogP contribution in [-0.4, -0.2) is 34.4 Å². The lowest BCUT2D eigenvalue weighted by Gasteiger charge is -2.35. The lowest BCUT2D eigenvalue weighted by atomic mass is 9.84. The molecule has 0 atom stereocenters. The van der Waals surface area contributed by atoms with E-state index in [1.54, 1.807) is 0 Å². The molecular formula is C14H21N3O2. The Bertz CT molecular complexity index is 442. The second kappa shape index (κ2) is 5.99. The highest BCUT2D eigenvalue weighted by Gasteiger charge is 2.26. The van der Waals surface area contributed by atoms with Crippen molar-refractivity contribution in [3.05, 3.63) is 17.8 Å². The zero-order chi connectivity index (χ0) is 13.8. The number of carboxylic acids is 1. The van der Waals surface area contributed by atoms with Gasteiger partial charge in [-0.2, -0.15) is 5.10 Å². The summed E-state index contributed by atoms with van der Waals surface area (Å²) in [6, 6.07) is 1.89. The third kappa shape index (κ3) is 3.03. The molecule has 1 N–H and O–H groups in total. The monoisotopic (exact) mass is 263 g/mol. The summed E-state index contributed by atoms with van der Waals surface area (Å²) < 4.78 is 0. The molecule has 0 aromatic carbocycles. The van der Waals surface area contributed by atoms with Crippen molar-refractivity contribution in [2.45, 2.75) is 45.1 Å². The van der Waals surface area contributed by atoms with Crippen LogP contribution < -0.4 is 4.90 Å². The predicted molar refractivity (Wildman–Crippen MR) is 73.4 cm³/mol. The summed E-state index contributed by atoms with van der Waals surface area (Å²) >= 11 is 0. The highest BCUT2D eigenvalue weighted by molar-refractivity contribution is 5.93. The standard InChI is InChI=1S/C14H21N3O2/c1-3-10-4-6-11(7-5-10)17(2)13-12(14(18)19)8-9-15-16-13/h8-11H,3-7H2,1-2H3,(H,18,19). The molecule has 0 radical (unpaired) electrons. The molecule has 1 fully saturated rings. The fourth-order valence-corrected chi connectivity index (χ4v) is 2.87. The molecule has 104 valence electrons. The van der Waals surface area contributed by atoms with E-state index in [1.165, 1.54) is 31.5 Å². The van der Waals surface area contributed by atoms with E-state index in [0.29, 0.717) is 11.9 Å². The average Bonchev–Trinajstić information content (AvgIpc) is 2.46. The summed E-state index contributed by atoms with van der Waals surface area (Å²) in [6.45, 7) is 2.24. The maximum Gasteiger partial charge on any atom is 0.339 e. The molecule has 1 aliphatic carbocycles. The Morgan fingerprint density at radius 3 is 2.68 bits per heavy atom. The van der Waals surface area contributed by atoms with Gasteiger partial charge in [-0.05, 0) is 37.7 Å². The van der Waals surface area contributed by atoms with E-state index in [1.807, 2.05) is 11.9 Å². The van der Waals surface area contributed by atoms with E-state index < -0.39 is 5.97 Å². The van der Waals surface area contributed by atoms with Crippen LogP contribution in [0.4, 0.5) is 5.82 Å². The van der Waals surface area contributed by atoms with Gasteiger partial charge in [-0.3, -0.25) is 0 Å². The Morgan fingerprint density at radius 2 is 2.11 bits per heavy atom. The molecule has 0 unspecified atom stereocenters. The van der Waals surface area contributed by atoms with Gasteiger partial charge in [0.25, 0.3) is 0 Å². The Kier molecular flexibility index (Phi) is 4.35. The minimum absolute atomic E-state index is 0.232.